The second-order valence-corrected chi connectivity index (χ2v) is 5.38. The van der Waals surface area contributed by atoms with E-state index in [-0.39, 0.29) is 5.75 Å². The highest BCUT2D eigenvalue weighted by Gasteiger charge is 2.05. The van der Waals surface area contributed by atoms with E-state index in [1.165, 1.54) is 0 Å². The summed E-state index contributed by atoms with van der Waals surface area (Å²) in [6, 6.07) is 15.0. The fourth-order valence-corrected chi connectivity index (χ4v) is 2.49. The smallest absolute Gasteiger partial charge is 0.115 e. The number of phenolic OH excluding ortho intramolecular Hbond substituents is 1. The molecule has 3 nitrogen and oxygen atoms in total. The van der Waals surface area contributed by atoms with Crippen molar-refractivity contribution in [2.45, 2.75) is 13.0 Å². The number of halogens is 1. The summed E-state index contributed by atoms with van der Waals surface area (Å²) >= 11 is 6.02. The zero-order valence-electron chi connectivity index (χ0n) is 11.4. The minimum Gasteiger partial charge on any atom is -0.508 e. The summed E-state index contributed by atoms with van der Waals surface area (Å²) < 4.78 is 2.10. The lowest BCUT2D eigenvalue weighted by Gasteiger charge is -2.08. The fraction of sp³-hybridized carbons (Fsp3) is 0.118. The number of rotatable bonds is 4. The van der Waals surface area contributed by atoms with E-state index in [9.17, 15) is 5.11 Å². The summed E-state index contributed by atoms with van der Waals surface area (Å²) in [5, 5.41) is 10.1. The number of hydrogen-bond donors (Lipinski definition) is 1. The first kappa shape index (κ1) is 13.7. The van der Waals surface area contributed by atoms with Crippen LogP contribution in [-0.4, -0.2) is 14.7 Å². The van der Waals surface area contributed by atoms with Gasteiger partial charge in [-0.25, -0.2) is 4.98 Å². The van der Waals surface area contributed by atoms with Crippen LogP contribution >= 0.6 is 11.6 Å². The summed E-state index contributed by atoms with van der Waals surface area (Å²) in [7, 11) is 0. The van der Waals surface area contributed by atoms with Gasteiger partial charge < -0.3 is 9.67 Å². The van der Waals surface area contributed by atoms with Gasteiger partial charge in [-0.3, -0.25) is 0 Å². The van der Waals surface area contributed by atoms with Crippen LogP contribution in [-0.2, 0) is 13.0 Å². The summed E-state index contributed by atoms with van der Waals surface area (Å²) in [6.07, 6.45) is 4.51. The molecule has 0 radical (unpaired) electrons. The van der Waals surface area contributed by atoms with E-state index in [2.05, 4.69) is 9.55 Å². The van der Waals surface area contributed by atoms with Crippen molar-refractivity contribution in [2.75, 3.05) is 0 Å². The predicted octanol–water partition coefficient (Wildman–Crippen LogP) is 3.88. The molecule has 0 saturated heterocycles. The molecule has 0 aliphatic heterocycles. The van der Waals surface area contributed by atoms with Crippen molar-refractivity contribution >= 4 is 11.6 Å². The molecule has 0 aliphatic carbocycles. The molecule has 21 heavy (non-hydrogen) atoms. The van der Waals surface area contributed by atoms with Crippen molar-refractivity contribution in [1.29, 1.82) is 0 Å². The maximum atomic E-state index is 9.33. The van der Waals surface area contributed by atoms with E-state index < -0.39 is 0 Å². The molecule has 1 heterocycles. The van der Waals surface area contributed by atoms with Crippen LogP contribution in [0.1, 0.15) is 17.0 Å². The first-order chi connectivity index (χ1) is 10.2. The van der Waals surface area contributed by atoms with E-state index in [1.807, 2.05) is 42.6 Å². The molecular formula is C17H15ClN2O. The van der Waals surface area contributed by atoms with Crippen molar-refractivity contribution in [3.8, 4) is 5.75 Å². The van der Waals surface area contributed by atoms with Crippen LogP contribution in [0.15, 0.2) is 60.9 Å². The standard InChI is InChI=1S/C17H15ClN2O/c18-15-3-1-2-14(10-15)11-17-19-8-9-20(17)12-13-4-6-16(21)7-5-13/h1-10,21H,11-12H2. The Kier molecular flexibility index (Phi) is 3.93. The summed E-state index contributed by atoms with van der Waals surface area (Å²) in [5.41, 5.74) is 2.26. The third-order valence-electron chi connectivity index (χ3n) is 3.34. The molecule has 3 rings (SSSR count). The van der Waals surface area contributed by atoms with Gasteiger partial charge in [0.05, 0.1) is 0 Å². The molecule has 0 saturated carbocycles. The Labute approximate surface area is 128 Å². The molecule has 0 fully saturated rings. The van der Waals surface area contributed by atoms with Gasteiger partial charge in [0.15, 0.2) is 0 Å². The van der Waals surface area contributed by atoms with Gasteiger partial charge in [-0.1, -0.05) is 35.9 Å². The van der Waals surface area contributed by atoms with Gasteiger partial charge in [0.1, 0.15) is 11.6 Å². The van der Waals surface area contributed by atoms with Crippen molar-refractivity contribution in [1.82, 2.24) is 9.55 Å². The molecule has 1 aromatic heterocycles. The Morgan fingerprint density at radius 3 is 2.62 bits per heavy atom. The first-order valence-corrected chi connectivity index (χ1v) is 7.11. The highest BCUT2D eigenvalue weighted by atomic mass is 35.5. The highest BCUT2D eigenvalue weighted by molar-refractivity contribution is 6.30. The molecule has 4 heteroatoms. The lowest BCUT2D eigenvalue weighted by molar-refractivity contribution is 0.475. The maximum absolute atomic E-state index is 9.33. The predicted molar refractivity (Wildman–Crippen MR) is 83.7 cm³/mol. The fourth-order valence-electron chi connectivity index (χ4n) is 2.28. The van der Waals surface area contributed by atoms with Gasteiger partial charge in [-0.15, -0.1) is 0 Å². The average molecular weight is 299 g/mol. The molecule has 1 N–H and O–H groups in total. The van der Waals surface area contributed by atoms with Crippen molar-refractivity contribution in [3.63, 3.8) is 0 Å². The molecule has 0 aliphatic rings. The molecule has 0 amide bonds. The number of aromatic nitrogens is 2. The third kappa shape index (κ3) is 3.44. The molecule has 0 bridgehead atoms. The Hall–Kier alpha value is -2.26. The van der Waals surface area contributed by atoms with Crippen LogP contribution < -0.4 is 0 Å². The van der Waals surface area contributed by atoms with Crippen LogP contribution in [0.3, 0.4) is 0 Å². The third-order valence-corrected chi connectivity index (χ3v) is 3.58. The van der Waals surface area contributed by atoms with Gasteiger partial charge in [-0.2, -0.15) is 0 Å². The Morgan fingerprint density at radius 1 is 1.05 bits per heavy atom. The molecular weight excluding hydrogens is 284 g/mol. The molecule has 3 aromatic rings. The zero-order valence-corrected chi connectivity index (χ0v) is 12.2. The molecule has 106 valence electrons. The van der Waals surface area contributed by atoms with Gasteiger partial charge in [0.25, 0.3) is 0 Å². The lowest BCUT2D eigenvalue weighted by Crippen LogP contribution is -2.05. The number of aromatic hydroxyl groups is 1. The van der Waals surface area contributed by atoms with Crippen molar-refractivity contribution in [2.24, 2.45) is 0 Å². The summed E-state index contributed by atoms with van der Waals surface area (Å²) in [6.45, 7) is 0.732. The maximum Gasteiger partial charge on any atom is 0.115 e. The van der Waals surface area contributed by atoms with Gasteiger partial charge in [0, 0.05) is 30.4 Å². The van der Waals surface area contributed by atoms with E-state index in [0.717, 1.165) is 34.9 Å². The Balaban J connectivity index is 1.79. The second-order valence-electron chi connectivity index (χ2n) is 4.94. The van der Waals surface area contributed by atoms with Crippen LogP contribution in [0.25, 0.3) is 0 Å². The number of nitrogens with zero attached hydrogens (tertiary/aromatic N) is 2. The molecule has 0 spiro atoms. The lowest BCUT2D eigenvalue weighted by atomic mass is 10.1. The normalized spacial score (nSPS) is 10.7. The van der Waals surface area contributed by atoms with Crippen LogP contribution in [0.2, 0.25) is 5.02 Å². The molecule has 0 atom stereocenters. The molecule has 2 aromatic carbocycles. The second kappa shape index (κ2) is 6.02. The number of benzene rings is 2. The Bertz CT molecular complexity index is 735. The quantitative estimate of drug-likeness (QED) is 0.794. The monoisotopic (exact) mass is 298 g/mol. The SMILES string of the molecule is Oc1ccc(Cn2ccnc2Cc2cccc(Cl)c2)cc1. The van der Waals surface area contributed by atoms with Gasteiger partial charge >= 0.3 is 0 Å². The summed E-state index contributed by atoms with van der Waals surface area (Å²) in [4.78, 5) is 4.43. The van der Waals surface area contributed by atoms with E-state index in [0.29, 0.717) is 0 Å². The number of hydrogen-bond acceptors (Lipinski definition) is 2. The van der Waals surface area contributed by atoms with Crippen molar-refractivity contribution in [3.05, 3.63) is 82.9 Å². The van der Waals surface area contributed by atoms with E-state index >= 15 is 0 Å². The zero-order chi connectivity index (χ0) is 14.7. The van der Waals surface area contributed by atoms with E-state index in [4.69, 9.17) is 11.6 Å². The van der Waals surface area contributed by atoms with E-state index in [1.54, 1.807) is 18.3 Å². The van der Waals surface area contributed by atoms with Gasteiger partial charge in [-0.05, 0) is 35.4 Å². The summed E-state index contributed by atoms with van der Waals surface area (Å²) in [5.74, 6) is 1.27. The van der Waals surface area contributed by atoms with Crippen LogP contribution in [0.5, 0.6) is 5.75 Å². The number of phenols is 1. The first-order valence-electron chi connectivity index (χ1n) is 6.73. The minimum absolute atomic E-state index is 0.281. The van der Waals surface area contributed by atoms with Crippen molar-refractivity contribution < 1.29 is 5.11 Å². The van der Waals surface area contributed by atoms with Crippen LogP contribution in [0.4, 0.5) is 0 Å². The van der Waals surface area contributed by atoms with Crippen LogP contribution in [0, 0.1) is 0 Å². The van der Waals surface area contributed by atoms with Gasteiger partial charge in [0.2, 0.25) is 0 Å². The Morgan fingerprint density at radius 2 is 1.86 bits per heavy atom. The molecule has 0 unspecified atom stereocenters. The minimum atomic E-state index is 0.281. The average Bonchev–Trinajstić information content (AvgIpc) is 2.89. The largest absolute Gasteiger partial charge is 0.508 e. The topological polar surface area (TPSA) is 38.0 Å². The number of imidazole rings is 1. The highest BCUT2D eigenvalue weighted by Crippen LogP contribution is 2.16.